The molecule has 0 rings (SSSR count). The van der Waals surface area contributed by atoms with E-state index >= 15 is 0 Å². The van der Waals surface area contributed by atoms with E-state index in [1.165, 1.54) is 0 Å². The topological polar surface area (TPSA) is 46.2 Å². The predicted molar refractivity (Wildman–Crippen MR) is 70.7 cm³/mol. The Kier molecular flexibility index (Phi) is 25.6. The molecule has 0 aliphatic rings. The lowest BCUT2D eigenvalue weighted by molar-refractivity contribution is -0.122. The molecule has 0 spiro atoms. The molecule has 98 valence electrons. The van der Waals surface area contributed by atoms with Gasteiger partial charge in [-0.15, -0.1) is 0 Å². The molecule has 0 saturated heterocycles. The Labute approximate surface area is 101 Å². The van der Waals surface area contributed by atoms with Crippen LogP contribution in [0.15, 0.2) is 0 Å². The summed E-state index contributed by atoms with van der Waals surface area (Å²) in [4.78, 5) is 20.2. The Balaban J connectivity index is -0.000000237. The quantitative estimate of drug-likeness (QED) is 0.565. The second kappa shape index (κ2) is 19.8. The van der Waals surface area contributed by atoms with Crippen molar-refractivity contribution in [3.63, 3.8) is 0 Å². The van der Waals surface area contributed by atoms with Crippen molar-refractivity contribution in [1.29, 1.82) is 0 Å². The highest BCUT2D eigenvalue weighted by atomic mass is 16.1. The van der Waals surface area contributed by atoms with Gasteiger partial charge in [0.15, 0.2) is 0 Å². The fourth-order valence-corrected chi connectivity index (χ4v) is 0.728. The van der Waals surface area contributed by atoms with Crippen LogP contribution < -0.4 is 5.32 Å². The Morgan fingerprint density at radius 2 is 1.75 bits per heavy atom. The first kappa shape index (κ1) is 20.7. The molecule has 0 atom stereocenters. The monoisotopic (exact) mass is 231 g/mol. The summed E-state index contributed by atoms with van der Waals surface area (Å²) in [6.07, 6.45) is 3.20. The number of hydrogen-bond donors (Lipinski definition) is 1. The maximum Gasteiger partial charge on any atom is 0.135 e. The molecule has 0 aromatic carbocycles. The van der Waals surface area contributed by atoms with Crippen molar-refractivity contribution in [2.45, 2.75) is 53.9 Å². The van der Waals surface area contributed by atoms with Gasteiger partial charge in [0, 0.05) is 18.8 Å². The van der Waals surface area contributed by atoms with Gasteiger partial charge in [-0.1, -0.05) is 34.6 Å². The van der Waals surface area contributed by atoms with Crippen LogP contribution in [0.2, 0.25) is 0 Å². The second-order valence-corrected chi connectivity index (χ2v) is 3.40. The van der Waals surface area contributed by atoms with Crippen molar-refractivity contribution in [1.82, 2.24) is 5.32 Å². The van der Waals surface area contributed by atoms with Gasteiger partial charge in [-0.25, -0.2) is 0 Å². The Bertz CT molecular complexity index is 145. The van der Waals surface area contributed by atoms with Crippen LogP contribution in [-0.4, -0.2) is 25.7 Å². The molecule has 16 heavy (non-hydrogen) atoms. The predicted octanol–water partition coefficient (Wildman–Crippen LogP) is 2.83. The van der Waals surface area contributed by atoms with E-state index in [0.29, 0.717) is 12.2 Å². The number of hydrogen-bond acceptors (Lipinski definition) is 3. The minimum Gasteiger partial charge on any atom is -0.320 e. The smallest absolute Gasteiger partial charge is 0.135 e. The van der Waals surface area contributed by atoms with Crippen LogP contribution in [0.5, 0.6) is 0 Å². The summed E-state index contributed by atoms with van der Waals surface area (Å²) in [6, 6.07) is 0. The average Bonchev–Trinajstić information content (AvgIpc) is 2.32. The molecule has 0 amide bonds. The highest BCUT2D eigenvalue weighted by Crippen LogP contribution is 2.00. The lowest BCUT2D eigenvalue weighted by Crippen LogP contribution is -2.12. The van der Waals surface area contributed by atoms with E-state index in [9.17, 15) is 9.59 Å². The fraction of sp³-hybridized carbons (Fsp3) is 0.846. The SMILES string of the molecule is CC.CCC=O.CNCCCC(=O)C(C)C. The first-order valence-corrected chi connectivity index (χ1v) is 6.21. The number of carbonyl (C=O) groups is 2. The van der Waals surface area contributed by atoms with Crippen molar-refractivity contribution in [3.8, 4) is 0 Å². The van der Waals surface area contributed by atoms with Gasteiger partial charge < -0.3 is 10.1 Å². The first-order valence-electron chi connectivity index (χ1n) is 6.21. The second-order valence-electron chi connectivity index (χ2n) is 3.40. The average molecular weight is 231 g/mol. The van der Waals surface area contributed by atoms with Gasteiger partial charge in [0.1, 0.15) is 12.1 Å². The van der Waals surface area contributed by atoms with Crippen molar-refractivity contribution < 1.29 is 9.59 Å². The standard InChI is InChI=1S/C8H17NO.C3H6O.C2H6/c1-7(2)8(10)5-4-6-9-3;1-2-3-4;1-2/h7,9H,4-6H2,1-3H3;3H,2H2,1H3;1-2H3. The van der Waals surface area contributed by atoms with Crippen molar-refractivity contribution in [3.05, 3.63) is 0 Å². The van der Waals surface area contributed by atoms with E-state index in [0.717, 1.165) is 25.7 Å². The van der Waals surface area contributed by atoms with Gasteiger partial charge in [0.2, 0.25) is 0 Å². The minimum absolute atomic E-state index is 0.205. The highest BCUT2D eigenvalue weighted by Gasteiger charge is 2.04. The van der Waals surface area contributed by atoms with Gasteiger partial charge >= 0.3 is 0 Å². The summed E-state index contributed by atoms with van der Waals surface area (Å²) in [6.45, 7) is 10.6. The molecule has 3 nitrogen and oxygen atoms in total. The summed E-state index contributed by atoms with van der Waals surface area (Å²) >= 11 is 0. The third-order valence-corrected chi connectivity index (χ3v) is 1.66. The van der Waals surface area contributed by atoms with Crippen LogP contribution in [0.4, 0.5) is 0 Å². The molecule has 0 aromatic rings. The molecule has 0 saturated carbocycles. The molecule has 0 bridgehead atoms. The summed E-state index contributed by atoms with van der Waals surface area (Å²) in [5.41, 5.74) is 0. The maximum absolute atomic E-state index is 11.0. The summed E-state index contributed by atoms with van der Waals surface area (Å²) in [5.74, 6) is 0.576. The number of ketones is 1. The van der Waals surface area contributed by atoms with Crippen LogP contribution >= 0.6 is 0 Å². The summed E-state index contributed by atoms with van der Waals surface area (Å²) in [5, 5.41) is 3.01. The molecular formula is C13H29NO2. The van der Waals surface area contributed by atoms with Crippen LogP contribution in [0.1, 0.15) is 53.9 Å². The summed E-state index contributed by atoms with van der Waals surface area (Å²) in [7, 11) is 1.90. The number of Topliss-reactive ketones (excluding diaryl/α,β-unsaturated/α-hetero) is 1. The lowest BCUT2D eigenvalue weighted by atomic mass is 10.1. The molecule has 0 fully saturated rings. The largest absolute Gasteiger partial charge is 0.320 e. The van der Waals surface area contributed by atoms with Gasteiger partial charge in [-0.3, -0.25) is 4.79 Å². The van der Waals surface area contributed by atoms with Crippen LogP contribution in [0.3, 0.4) is 0 Å². The summed E-state index contributed by atoms with van der Waals surface area (Å²) < 4.78 is 0. The van der Waals surface area contributed by atoms with Gasteiger partial charge in [-0.05, 0) is 20.0 Å². The van der Waals surface area contributed by atoms with Gasteiger partial charge in [0.25, 0.3) is 0 Å². The molecule has 0 aliphatic carbocycles. The van der Waals surface area contributed by atoms with Crippen molar-refractivity contribution >= 4 is 12.1 Å². The van der Waals surface area contributed by atoms with E-state index in [2.05, 4.69) is 5.32 Å². The van der Waals surface area contributed by atoms with Gasteiger partial charge in [0.05, 0.1) is 0 Å². The number of rotatable bonds is 6. The number of aldehydes is 1. The Morgan fingerprint density at radius 1 is 1.31 bits per heavy atom. The maximum atomic E-state index is 11.0. The van der Waals surface area contributed by atoms with E-state index in [4.69, 9.17) is 0 Å². The first-order chi connectivity index (χ1) is 7.59. The van der Waals surface area contributed by atoms with Crippen molar-refractivity contribution in [2.24, 2.45) is 5.92 Å². The van der Waals surface area contributed by atoms with Crippen LogP contribution in [0.25, 0.3) is 0 Å². The molecule has 0 radical (unpaired) electrons. The van der Waals surface area contributed by atoms with E-state index < -0.39 is 0 Å². The number of nitrogens with one attached hydrogen (secondary N) is 1. The van der Waals surface area contributed by atoms with Crippen molar-refractivity contribution in [2.75, 3.05) is 13.6 Å². The van der Waals surface area contributed by atoms with Crippen LogP contribution in [-0.2, 0) is 9.59 Å². The highest BCUT2D eigenvalue weighted by molar-refractivity contribution is 5.80. The molecular weight excluding hydrogens is 202 g/mol. The molecule has 1 N–H and O–H groups in total. The fourth-order valence-electron chi connectivity index (χ4n) is 0.728. The third kappa shape index (κ3) is 23.3. The molecule has 0 unspecified atom stereocenters. The Morgan fingerprint density at radius 3 is 2.00 bits per heavy atom. The van der Waals surface area contributed by atoms with Crippen LogP contribution in [0, 0.1) is 5.92 Å². The molecule has 0 aliphatic heterocycles. The zero-order valence-corrected chi connectivity index (χ0v) is 11.8. The van der Waals surface area contributed by atoms with Gasteiger partial charge in [-0.2, -0.15) is 0 Å². The van der Waals surface area contributed by atoms with E-state index in [1.54, 1.807) is 0 Å². The zero-order valence-electron chi connectivity index (χ0n) is 11.8. The molecule has 3 heteroatoms. The number of carbonyl (C=O) groups excluding carboxylic acids is 2. The minimum atomic E-state index is 0.205. The molecule has 0 heterocycles. The van der Waals surface area contributed by atoms with E-state index in [1.807, 2.05) is 41.7 Å². The Hall–Kier alpha value is -0.700. The normalized spacial score (nSPS) is 8.44. The zero-order chi connectivity index (χ0) is 13.4. The lowest BCUT2D eigenvalue weighted by Gasteiger charge is -2.02. The van der Waals surface area contributed by atoms with E-state index in [-0.39, 0.29) is 5.92 Å². The third-order valence-electron chi connectivity index (χ3n) is 1.66. The molecule has 0 aromatic heterocycles.